The molecule has 0 unspecified atom stereocenters. The molecule has 0 amide bonds. The number of sulfonamides is 1. The van der Waals surface area contributed by atoms with E-state index in [0.717, 1.165) is 0 Å². The van der Waals surface area contributed by atoms with Gasteiger partial charge in [0.25, 0.3) is 15.7 Å². The first-order valence-corrected chi connectivity index (χ1v) is 6.80. The van der Waals surface area contributed by atoms with Gasteiger partial charge >= 0.3 is 0 Å². The summed E-state index contributed by atoms with van der Waals surface area (Å²) in [5.74, 6) is 0. The minimum absolute atomic E-state index is 0.0492. The van der Waals surface area contributed by atoms with E-state index in [1.807, 2.05) is 0 Å². The highest BCUT2D eigenvalue weighted by atomic mass is 32.2. The lowest BCUT2D eigenvalue weighted by Crippen LogP contribution is -2.13. The van der Waals surface area contributed by atoms with Gasteiger partial charge in [0.2, 0.25) is 0 Å². The van der Waals surface area contributed by atoms with Crippen LogP contribution in [-0.2, 0) is 10.0 Å². The molecule has 0 aliphatic heterocycles. The molecule has 0 aliphatic rings. The monoisotopic (exact) mass is 278 g/mol. The van der Waals surface area contributed by atoms with Crippen LogP contribution in [0.2, 0.25) is 0 Å². The fraction of sp³-hybridized carbons (Fsp3) is 0. The number of nitro groups is 1. The van der Waals surface area contributed by atoms with Crippen LogP contribution < -0.4 is 4.72 Å². The van der Waals surface area contributed by atoms with Gasteiger partial charge in [0.05, 0.1) is 9.82 Å². The fourth-order valence-electron chi connectivity index (χ4n) is 1.52. The first-order valence-electron chi connectivity index (χ1n) is 5.32. The minimum atomic E-state index is -3.82. The number of hydrogen-bond acceptors (Lipinski definition) is 4. The summed E-state index contributed by atoms with van der Waals surface area (Å²) in [6.45, 7) is 0. The number of nitrogens with one attached hydrogen (secondary N) is 1. The van der Waals surface area contributed by atoms with Crippen molar-refractivity contribution in [3.05, 3.63) is 64.7 Å². The van der Waals surface area contributed by atoms with Crippen LogP contribution in [0.5, 0.6) is 0 Å². The number of benzene rings is 2. The van der Waals surface area contributed by atoms with Gasteiger partial charge in [0.1, 0.15) is 5.69 Å². The molecule has 2 aromatic carbocycles. The van der Waals surface area contributed by atoms with Crippen LogP contribution in [0.15, 0.2) is 59.5 Å². The van der Waals surface area contributed by atoms with E-state index < -0.39 is 14.9 Å². The van der Waals surface area contributed by atoms with Gasteiger partial charge < -0.3 is 0 Å². The lowest BCUT2D eigenvalue weighted by atomic mass is 10.3. The zero-order chi connectivity index (χ0) is 13.9. The number of nitro benzene ring substituents is 1. The normalized spacial score (nSPS) is 10.9. The minimum Gasteiger partial charge on any atom is -0.273 e. The molecule has 0 saturated heterocycles. The molecule has 2 rings (SSSR count). The topological polar surface area (TPSA) is 89.3 Å². The van der Waals surface area contributed by atoms with Crippen molar-refractivity contribution in [1.29, 1.82) is 0 Å². The van der Waals surface area contributed by atoms with Crippen molar-refractivity contribution in [2.75, 3.05) is 4.72 Å². The Morgan fingerprint density at radius 3 is 2.16 bits per heavy atom. The second-order valence-electron chi connectivity index (χ2n) is 3.69. The number of para-hydroxylation sites is 2. The van der Waals surface area contributed by atoms with E-state index in [4.69, 9.17) is 0 Å². The summed E-state index contributed by atoms with van der Waals surface area (Å²) in [5.41, 5.74) is -0.349. The zero-order valence-electron chi connectivity index (χ0n) is 9.68. The predicted molar refractivity (Wildman–Crippen MR) is 70.3 cm³/mol. The molecule has 0 heterocycles. The van der Waals surface area contributed by atoms with Crippen molar-refractivity contribution in [3.63, 3.8) is 0 Å². The molecule has 0 saturated carbocycles. The SMILES string of the molecule is O=[N+]([O-])c1ccccc1NS(=O)(=O)c1ccccc1. The molecule has 98 valence electrons. The Morgan fingerprint density at radius 2 is 1.53 bits per heavy atom. The van der Waals surface area contributed by atoms with E-state index >= 15 is 0 Å². The van der Waals surface area contributed by atoms with E-state index in [2.05, 4.69) is 4.72 Å². The Kier molecular flexibility index (Phi) is 3.48. The second-order valence-corrected chi connectivity index (χ2v) is 5.38. The molecule has 1 N–H and O–H groups in total. The largest absolute Gasteiger partial charge is 0.293 e. The Balaban J connectivity index is 2.39. The maximum atomic E-state index is 12.0. The van der Waals surface area contributed by atoms with Gasteiger partial charge in [-0.2, -0.15) is 0 Å². The number of anilines is 1. The molecule has 19 heavy (non-hydrogen) atoms. The Bertz CT molecular complexity index is 699. The molecular formula is C12H10N2O4S. The lowest BCUT2D eigenvalue weighted by molar-refractivity contribution is -0.383. The fourth-order valence-corrected chi connectivity index (χ4v) is 2.62. The number of hydrogen-bond donors (Lipinski definition) is 1. The number of rotatable bonds is 4. The van der Waals surface area contributed by atoms with Crippen LogP contribution in [0.3, 0.4) is 0 Å². The first-order chi connectivity index (χ1) is 9.00. The lowest BCUT2D eigenvalue weighted by Gasteiger charge is -2.08. The van der Waals surface area contributed by atoms with E-state index in [1.54, 1.807) is 18.2 Å². The van der Waals surface area contributed by atoms with Gasteiger partial charge in [-0.1, -0.05) is 30.3 Å². The number of nitrogens with zero attached hydrogens (tertiary/aromatic N) is 1. The molecule has 0 bridgehead atoms. The average molecular weight is 278 g/mol. The molecule has 0 atom stereocenters. The van der Waals surface area contributed by atoms with Crippen LogP contribution in [0, 0.1) is 10.1 Å². The van der Waals surface area contributed by atoms with Gasteiger partial charge in [-0.25, -0.2) is 8.42 Å². The molecule has 6 nitrogen and oxygen atoms in total. The Hall–Kier alpha value is -2.41. The zero-order valence-corrected chi connectivity index (χ0v) is 10.5. The van der Waals surface area contributed by atoms with Crippen molar-refractivity contribution >= 4 is 21.4 Å². The van der Waals surface area contributed by atoms with Gasteiger partial charge in [-0.3, -0.25) is 14.8 Å². The van der Waals surface area contributed by atoms with Crippen LogP contribution >= 0.6 is 0 Å². The maximum Gasteiger partial charge on any atom is 0.293 e. The highest BCUT2D eigenvalue weighted by Crippen LogP contribution is 2.25. The van der Waals surface area contributed by atoms with Crippen molar-refractivity contribution in [2.24, 2.45) is 0 Å². The van der Waals surface area contributed by atoms with E-state index in [-0.39, 0.29) is 16.3 Å². The summed E-state index contributed by atoms with van der Waals surface area (Å²) in [5, 5.41) is 10.8. The highest BCUT2D eigenvalue weighted by molar-refractivity contribution is 7.92. The van der Waals surface area contributed by atoms with E-state index in [0.29, 0.717) is 0 Å². The Morgan fingerprint density at radius 1 is 0.947 bits per heavy atom. The van der Waals surface area contributed by atoms with Crippen molar-refractivity contribution in [2.45, 2.75) is 4.90 Å². The highest BCUT2D eigenvalue weighted by Gasteiger charge is 2.19. The molecule has 7 heteroatoms. The van der Waals surface area contributed by atoms with Crippen LogP contribution in [0.4, 0.5) is 11.4 Å². The molecule has 0 radical (unpaired) electrons. The summed E-state index contributed by atoms with van der Waals surface area (Å²) in [6, 6.07) is 13.2. The standard InChI is InChI=1S/C12H10N2O4S/c15-14(16)12-9-5-4-8-11(12)13-19(17,18)10-6-2-1-3-7-10/h1-9,13H. The van der Waals surface area contributed by atoms with Crippen molar-refractivity contribution < 1.29 is 13.3 Å². The van der Waals surface area contributed by atoms with Crippen molar-refractivity contribution in [1.82, 2.24) is 0 Å². The molecule has 0 aliphatic carbocycles. The third-order valence-electron chi connectivity index (χ3n) is 2.40. The molecule has 0 fully saturated rings. The van der Waals surface area contributed by atoms with E-state index in [9.17, 15) is 18.5 Å². The maximum absolute atomic E-state index is 12.0. The first kappa shape index (κ1) is 13.0. The van der Waals surface area contributed by atoms with Gasteiger partial charge in [0, 0.05) is 6.07 Å². The molecule has 0 aromatic heterocycles. The molecule has 2 aromatic rings. The summed E-state index contributed by atoms with van der Waals surface area (Å²) in [4.78, 5) is 10.2. The predicted octanol–water partition coefficient (Wildman–Crippen LogP) is 2.40. The van der Waals surface area contributed by atoms with Crippen LogP contribution in [0.25, 0.3) is 0 Å². The van der Waals surface area contributed by atoms with E-state index in [1.165, 1.54) is 36.4 Å². The summed E-state index contributed by atoms with van der Waals surface area (Å²) in [6.07, 6.45) is 0. The summed E-state index contributed by atoms with van der Waals surface area (Å²) >= 11 is 0. The third kappa shape index (κ3) is 2.89. The van der Waals surface area contributed by atoms with Crippen molar-refractivity contribution in [3.8, 4) is 0 Å². The third-order valence-corrected chi connectivity index (χ3v) is 3.78. The van der Waals surface area contributed by atoms with Gasteiger partial charge in [-0.15, -0.1) is 0 Å². The summed E-state index contributed by atoms with van der Waals surface area (Å²) < 4.78 is 26.3. The molecule has 0 spiro atoms. The quantitative estimate of drug-likeness (QED) is 0.687. The average Bonchev–Trinajstić information content (AvgIpc) is 2.39. The smallest absolute Gasteiger partial charge is 0.273 e. The van der Waals surface area contributed by atoms with Crippen LogP contribution in [-0.4, -0.2) is 13.3 Å². The van der Waals surface area contributed by atoms with Gasteiger partial charge in [0.15, 0.2) is 0 Å². The van der Waals surface area contributed by atoms with Gasteiger partial charge in [-0.05, 0) is 18.2 Å². The second kappa shape index (κ2) is 5.07. The summed E-state index contributed by atoms with van der Waals surface area (Å²) in [7, 11) is -3.82. The Labute approximate surface area is 109 Å². The van der Waals surface area contributed by atoms with Crippen LogP contribution in [0.1, 0.15) is 0 Å². The molecular weight excluding hydrogens is 268 g/mol.